The molecule has 3 rings (SSSR count). The molecule has 14 heavy (non-hydrogen) atoms. The zero-order chi connectivity index (χ0) is 10.5. The second kappa shape index (κ2) is 3.06. The fraction of sp³-hybridized carbons (Fsp3) is 0.917. The van der Waals surface area contributed by atoms with E-state index in [0.29, 0.717) is 23.0 Å². The average molecular weight is 195 g/mol. The number of carbonyl (C=O) groups excluding carboxylic acids is 1. The van der Waals surface area contributed by atoms with Gasteiger partial charge in [-0.3, -0.25) is 4.79 Å². The standard InChI is InChI=1S/C12H21NO/c1-12(2)9-5-8(7-13(3)4)11(14)10(12)6-9/h8-10H,5-7H2,1-4H3/t8?,9-,10-/m0/s1. The highest BCUT2D eigenvalue weighted by Gasteiger charge is 2.57. The maximum Gasteiger partial charge on any atom is 0.140 e. The molecule has 0 aromatic carbocycles. The molecule has 0 aromatic rings. The third-order valence-corrected chi connectivity index (χ3v) is 4.37. The van der Waals surface area contributed by atoms with Crippen LogP contribution in [0, 0.1) is 23.2 Å². The number of fused-ring (bicyclic) bond motifs is 2. The Bertz CT molecular complexity index is 257. The summed E-state index contributed by atoms with van der Waals surface area (Å²) in [6.45, 7) is 5.47. The van der Waals surface area contributed by atoms with Crippen molar-refractivity contribution in [3.8, 4) is 0 Å². The smallest absolute Gasteiger partial charge is 0.140 e. The van der Waals surface area contributed by atoms with Crippen molar-refractivity contribution in [2.45, 2.75) is 26.7 Å². The maximum absolute atomic E-state index is 12.1. The molecule has 0 amide bonds. The summed E-state index contributed by atoms with van der Waals surface area (Å²) in [6.07, 6.45) is 2.29. The van der Waals surface area contributed by atoms with Crippen LogP contribution in [0.15, 0.2) is 0 Å². The van der Waals surface area contributed by atoms with Crippen molar-refractivity contribution >= 4 is 5.78 Å². The summed E-state index contributed by atoms with van der Waals surface area (Å²) in [5.41, 5.74) is 0.305. The number of rotatable bonds is 2. The predicted molar refractivity (Wildman–Crippen MR) is 57.0 cm³/mol. The zero-order valence-corrected chi connectivity index (χ0v) is 9.71. The van der Waals surface area contributed by atoms with Gasteiger partial charge in [0.05, 0.1) is 0 Å². The largest absolute Gasteiger partial charge is 0.309 e. The first kappa shape index (κ1) is 10.2. The summed E-state index contributed by atoms with van der Waals surface area (Å²) in [4.78, 5) is 14.2. The van der Waals surface area contributed by atoms with Gasteiger partial charge < -0.3 is 4.90 Å². The number of hydrogen-bond acceptors (Lipinski definition) is 2. The molecule has 80 valence electrons. The molecule has 0 heterocycles. The van der Waals surface area contributed by atoms with Crippen LogP contribution < -0.4 is 0 Å². The molecule has 2 bridgehead atoms. The highest BCUT2D eigenvalue weighted by atomic mass is 16.1. The Morgan fingerprint density at radius 1 is 1.36 bits per heavy atom. The summed E-state index contributed by atoms with van der Waals surface area (Å²) < 4.78 is 0. The number of ketones is 1. The van der Waals surface area contributed by atoms with Crippen molar-refractivity contribution in [1.82, 2.24) is 4.90 Å². The molecule has 2 nitrogen and oxygen atoms in total. The summed E-state index contributed by atoms with van der Waals surface area (Å²) in [6, 6.07) is 0. The second-order valence-corrected chi connectivity index (χ2v) is 5.90. The topological polar surface area (TPSA) is 20.3 Å². The third-order valence-electron chi connectivity index (χ3n) is 4.37. The zero-order valence-electron chi connectivity index (χ0n) is 9.71. The van der Waals surface area contributed by atoms with Crippen molar-refractivity contribution in [2.75, 3.05) is 20.6 Å². The lowest BCUT2D eigenvalue weighted by atomic mass is 9.46. The van der Waals surface area contributed by atoms with Gasteiger partial charge in [-0.2, -0.15) is 0 Å². The molecule has 3 atom stereocenters. The quantitative estimate of drug-likeness (QED) is 0.669. The number of carbonyl (C=O) groups is 1. The van der Waals surface area contributed by atoms with E-state index in [-0.39, 0.29) is 0 Å². The lowest BCUT2D eigenvalue weighted by molar-refractivity contribution is -0.157. The van der Waals surface area contributed by atoms with Gasteiger partial charge in [0.15, 0.2) is 0 Å². The van der Waals surface area contributed by atoms with E-state index >= 15 is 0 Å². The molecule has 0 radical (unpaired) electrons. The minimum Gasteiger partial charge on any atom is -0.309 e. The summed E-state index contributed by atoms with van der Waals surface area (Å²) in [5, 5.41) is 0. The molecular formula is C12H21NO. The first-order chi connectivity index (χ1) is 6.43. The highest BCUT2D eigenvalue weighted by molar-refractivity contribution is 5.87. The van der Waals surface area contributed by atoms with Gasteiger partial charge in [-0.25, -0.2) is 0 Å². The van der Waals surface area contributed by atoms with Gasteiger partial charge in [0.25, 0.3) is 0 Å². The van der Waals surface area contributed by atoms with Gasteiger partial charge in [0.1, 0.15) is 5.78 Å². The molecule has 2 heteroatoms. The van der Waals surface area contributed by atoms with Crippen molar-refractivity contribution in [2.24, 2.45) is 23.2 Å². The van der Waals surface area contributed by atoms with E-state index in [1.165, 1.54) is 0 Å². The Balaban J connectivity index is 2.05. The van der Waals surface area contributed by atoms with Crippen molar-refractivity contribution in [3.05, 3.63) is 0 Å². The van der Waals surface area contributed by atoms with Crippen LogP contribution in [0.25, 0.3) is 0 Å². The van der Waals surface area contributed by atoms with Gasteiger partial charge in [0.2, 0.25) is 0 Å². The van der Waals surface area contributed by atoms with E-state index in [0.717, 1.165) is 25.3 Å². The highest BCUT2D eigenvalue weighted by Crippen LogP contribution is 2.58. The van der Waals surface area contributed by atoms with E-state index in [1.807, 2.05) is 0 Å². The Hall–Kier alpha value is -0.370. The molecule has 0 saturated heterocycles. The van der Waals surface area contributed by atoms with Crippen molar-refractivity contribution < 1.29 is 4.79 Å². The average Bonchev–Trinajstić information content (AvgIpc) is 2.06. The molecular weight excluding hydrogens is 174 g/mol. The fourth-order valence-electron chi connectivity index (χ4n) is 3.25. The van der Waals surface area contributed by atoms with Gasteiger partial charge >= 0.3 is 0 Å². The van der Waals surface area contributed by atoms with Gasteiger partial charge in [-0.05, 0) is 38.3 Å². The van der Waals surface area contributed by atoms with Gasteiger partial charge in [0, 0.05) is 18.4 Å². The van der Waals surface area contributed by atoms with Crippen molar-refractivity contribution in [1.29, 1.82) is 0 Å². The van der Waals surface area contributed by atoms with Crippen LogP contribution in [0.3, 0.4) is 0 Å². The Morgan fingerprint density at radius 3 is 2.43 bits per heavy atom. The van der Waals surface area contributed by atoms with Crippen LogP contribution in [0.5, 0.6) is 0 Å². The Labute approximate surface area is 86.7 Å². The summed E-state index contributed by atoms with van der Waals surface area (Å²) in [5.74, 6) is 2.02. The first-order valence-electron chi connectivity index (χ1n) is 5.61. The third kappa shape index (κ3) is 1.31. The van der Waals surface area contributed by atoms with E-state index in [4.69, 9.17) is 0 Å². The monoisotopic (exact) mass is 195 g/mol. The molecule has 0 aliphatic heterocycles. The summed E-state index contributed by atoms with van der Waals surface area (Å²) >= 11 is 0. The number of nitrogens with zero attached hydrogens (tertiary/aromatic N) is 1. The maximum atomic E-state index is 12.1. The van der Waals surface area contributed by atoms with Crippen LogP contribution in [0.2, 0.25) is 0 Å². The van der Waals surface area contributed by atoms with Crippen LogP contribution in [-0.2, 0) is 4.79 Å². The van der Waals surface area contributed by atoms with E-state index in [1.54, 1.807) is 0 Å². The second-order valence-electron chi connectivity index (χ2n) is 5.90. The van der Waals surface area contributed by atoms with Crippen LogP contribution in [0.4, 0.5) is 0 Å². The lowest BCUT2D eigenvalue weighted by Crippen LogP contribution is -2.57. The minimum absolute atomic E-state index is 0.305. The molecule has 0 aromatic heterocycles. The van der Waals surface area contributed by atoms with Crippen LogP contribution in [-0.4, -0.2) is 31.3 Å². The minimum atomic E-state index is 0.305. The molecule has 0 N–H and O–H groups in total. The SMILES string of the molecule is CN(C)CC1C[C@H]2C[C@@H](C1=O)C2(C)C. The number of Topliss-reactive ketones (excluding diaryl/α,β-unsaturated/α-hetero) is 1. The molecule has 3 aliphatic carbocycles. The fourth-order valence-corrected chi connectivity index (χ4v) is 3.25. The Morgan fingerprint density at radius 2 is 2.00 bits per heavy atom. The molecule has 3 aliphatic rings. The van der Waals surface area contributed by atoms with E-state index in [9.17, 15) is 4.79 Å². The molecule has 1 unspecified atom stereocenters. The predicted octanol–water partition coefficient (Wildman–Crippen LogP) is 1.80. The van der Waals surface area contributed by atoms with Crippen LogP contribution in [0.1, 0.15) is 26.7 Å². The lowest BCUT2D eigenvalue weighted by Gasteiger charge is -2.57. The molecule has 3 fully saturated rings. The summed E-state index contributed by atoms with van der Waals surface area (Å²) in [7, 11) is 4.11. The Kier molecular flexibility index (Phi) is 2.22. The van der Waals surface area contributed by atoms with Gasteiger partial charge in [-0.1, -0.05) is 13.8 Å². The van der Waals surface area contributed by atoms with E-state index < -0.39 is 0 Å². The van der Waals surface area contributed by atoms with Crippen LogP contribution >= 0.6 is 0 Å². The molecule has 3 saturated carbocycles. The van der Waals surface area contributed by atoms with Gasteiger partial charge in [-0.15, -0.1) is 0 Å². The van der Waals surface area contributed by atoms with Crippen molar-refractivity contribution in [3.63, 3.8) is 0 Å². The first-order valence-corrected chi connectivity index (χ1v) is 5.61. The van der Waals surface area contributed by atoms with E-state index in [2.05, 4.69) is 32.8 Å². The molecule has 0 spiro atoms. The normalized spacial score (nSPS) is 39.8. The number of hydrogen-bond donors (Lipinski definition) is 0.